The SMILES string of the molecule is I.O=S([O-])O.[Na+]. The van der Waals surface area contributed by atoms with Crippen LogP contribution in [0.3, 0.4) is 0 Å². The number of halogens is 1. The molecule has 3 nitrogen and oxygen atoms in total. The molecule has 6 heavy (non-hydrogen) atoms. The van der Waals surface area contributed by atoms with E-state index in [4.69, 9.17) is 13.3 Å². The largest absolute Gasteiger partial charge is 1.00 e. The standard InChI is InChI=1S/HI.Na.H2O3S/c;;1-4(2)3/h1H;;(H2,1,2,3)/q;+1;/p-1. The predicted molar refractivity (Wildman–Crippen MR) is 27.0 cm³/mol. The van der Waals surface area contributed by atoms with Crippen molar-refractivity contribution in [3.05, 3.63) is 0 Å². The molecular formula is H2INaO3S. The third kappa shape index (κ3) is 41.2. The van der Waals surface area contributed by atoms with Gasteiger partial charge in [0.1, 0.15) is 0 Å². The van der Waals surface area contributed by atoms with Gasteiger partial charge in [0.05, 0.1) is 11.4 Å². The van der Waals surface area contributed by atoms with Crippen molar-refractivity contribution in [2.75, 3.05) is 0 Å². The molecule has 0 aromatic carbocycles. The maximum absolute atomic E-state index is 8.56. The van der Waals surface area contributed by atoms with Crippen LogP contribution >= 0.6 is 24.0 Å². The Morgan fingerprint density at radius 2 is 1.67 bits per heavy atom. The average Bonchev–Trinajstić information content (AvgIpc) is 0.811. The summed E-state index contributed by atoms with van der Waals surface area (Å²) in [5, 5.41) is 0. The molecule has 0 amide bonds. The van der Waals surface area contributed by atoms with Crippen LogP contribution in [0.25, 0.3) is 0 Å². The quantitative estimate of drug-likeness (QED) is 0.274. The van der Waals surface area contributed by atoms with Crippen molar-refractivity contribution in [3.8, 4) is 0 Å². The van der Waals surface area contributed by atoms with Crippen molar-refractivity contribution in [1.82, 2.24) is 0 Å². The van der Waals surface area contributed by atoms with E-state index in [1.54, 1.807) is 0 Å². The fourth-order valence-corrected chi connectivity index (χ4v) is 0. The molecule has 0 aliphatic rings. The van der Waals surface area contributed by atoms with E-state index in [9.17, 15) is 0 Å². The summed E-state index contributed by atoms with van der Waals surface area (Å²) in [5.41, 5.74) is 0. The first-order valence-corrected chi connectivity index (χ1v) is 1.55. The van der Waals surface area contributed by atoms with E-state index < -0.39 is 11.4 Å². The summed E-state index contributed by atoms with van der Waals surface area (Å²) >= 11 is -2.86. The molecule has 0 saturated carbocycles. The molecule has 0 spiro atoms. The summed E-state index contributed by atoms with van der Waals surface area (Å²) < 4.78 is 24.1. The van der Waals surface area contributed by atoms with E-state index in [0.717, 1.165) is 0 Å². The van der Waals surface area contributed by atoms with Gasteiger partial charge in [-0.15, -0.1) is 24.0 Å². The molecule has 0 aromatic rings. The van der Waals surface area contributed by atoms with E-state index in [-0.39, 0.29) is 53.5 Å². The molecule has 0 aliphatic heterocycles. The zero-order chi connectivity index (χ0) is 3.58. The van der Waals surface area contributed by atoms with Crippen LogP contribution in [0.4, 0.5) is 0 Å². The van der Waals surface area contributed by atoms with Gasteiger partial charge in [0, 0.05) is 0 Å². The molecule has 0 aliphatic carbocycles. The second kappa shape index (κ2) is 9.93. The van der Waals surface area contributed by atoms with Crippen molar-refractivity contribution in [1.29, 1.82) is 0 Å². The Balaban J connectivity index is -0.0000000450. The molecule has 1 unspecified atom stereocenters. The zero-order valence-electron chi connectivity index (χ0n) is 3.08. The second-order valence-electron chi connectivity index (χ2n) is 0.217. The fourth-order valence-electron chi connectivity index (χ4n) is 0. The minimum Gasteiger partial charge on any atom is -0.750 e. The van der Waals surface area contributed by atoms with Crippen molar-refractivity contribution < 1.29 is 42.9 Å². The maximum atomic E-state index is 8.56. The summed E-state index contributed by atoms with van der Waals surface area (Å²) in [6.45, 7) is 0. The van der Waals surface area contributed by atoms with Gasteiger partial charge in [0.15, 0.2) is 0 Å². The van der Waals surface area contributed by atoms with Crippen LogP contribution in [0.5, 0.6) is 0 Å². The van der Waals surface area contributed by atoms with Gasteiger partial charge >= 0.3 is 29.6 Å². The number of hydrogen-bond acceptors (Lipinski definition) is 2. The van der Waals surface area contributed by atoms with Gasteiger partial charge in [-0.3, -0.25) is 0 Å². The van der Waals surface area contributed by atoms with Gasteiger partial charge < -0.3 is 9.11 Å². The average molecular weight is 232 g/mol. The first-order valence-electron chi connectivity index (χ1n) is 0.516. The minimum absolute atomic E-state index is 0. The molecule has 0 aromatic heterocycles. The fraction of sp³-hybridized carbons (Fsp3) is 0. The van der Waals surface area contributed by atoms with Crippen molar-refractivity contribution in [3.63, 3.8) is 0 Å². The predicted octanol–water partition coefficient (Wildman–Crippen LogP) is -3.04. The van der Waals surface area contributed by atoms with Crippen LogP contribution in [0.1, 0.15) is 0 Å². The van der Waals surface area contributed by atoms with Gasteiger partial charge in [-0.05, 0) is 0 Å². The van der Waals surface area contributed by atoms with Crippen molar-refractivity contribution in [2.24, 2.45) is 0 Å². The Morgan fingerprint density at radius 1 is 1.67 bits per heavy atom. The third-order valence-corrected chi connectivity index (χ3v) is 0. The monoisotopic (exact) mass is 232 g/mol. The Kier molecular flexibility index (Phi) is 25.9. The van der Waals surface area contributed by atoms with Crippen LogP contribution in [-0.2, 0) is 11.4 Å². The van der Waals surface area contributed by atoms with E-state index in [1.165, 1.54) is 0 Å². The third-order valence-electron chi connectivity index (χ3n) is 0. The summed E-state index contributed by atoms with van der Waals surface area (Å²) in [6.07, 6.45) is 0. The van der Waals surface area contributed by atoms with Crippen LogP contribution in [-0.4, -0.2) is 13.3 Å². The first kappa shape index (κ1) is 15.7. The molecule has 0 bridgehead atoms. The summed E-state index contributed by atoms with van der Waals surface area (Å²) in [6, 6.07) is 0. The topological polar surface area (TPSA) is 60.4 Å². The Morgan fingerprint density at radius 3 is 1.67 bits per heavy atom. The molecule has 0 saturated heterocycles. The molecule has 0 rings (SSSR count). The second-order valence-corrected chi connectivity index (χ2v) is 0.651. The number of hydrogen-bond donors (Lipinski definition) is 1. The van der Waals surface area contributed by atoms with Crippen molar-refractivity contribution >= 4 is 35.3 Å². The van der Waals surface area contributed by atoms with Crippen LogP contribution in [0.2, 0.25) is 0 Å². The van der Waals surface area contributed by atoms with Gasteiger partial charge in [0.25, 0.3) is 0 Å². The van der Waals surface area contributed by atoms with Gasteiger partial charge in [0.2, 0.25) is 0 Å². The Labute approximate surface area is 77.3 Å². The molecule has 34 valence electrons. The smallest absolute Gasteiger partial charge is 0.750 e. The maximum Gasteiger partial charge on any atom is 1.00 e. The minimum atomic E-state index is -2.86. The molecular weight excluding hydrogens is 230 g/mol. The van der Waals surface area contributed by atoms with Gasteiger partial charge in [-0.2, -0.15) is 0 Å². The normalized spacial score (nSPS) is 10.3. The summed E-state index contributed by atoms with van der Waals surface area (Å²) in [4.78, 5) is 0. The number of rotatable bonds is 0. The van der Waals surface area contributed by atoms with Crippen molar-refractivity contribution in [2.45, 2.75) is 0 Å². The molecule has 0 fully saturated rings. The zero-order valence-corrected chi connectivity index (χ0v) is 8.23. The van der Waals surface area contributed by atoms with Gasteiger partial charge in [-0.25, -0.2) is 4.21 Å². The molecule has 0 heterocycles. The molecule has 0 radical (unpaired) electrons. The van der Waals surface area contributed by atoms with Gasteiger partial charge in [-0.1, -0.05) is 0 Å². The molecule has 1 N–H and O–H groups in total. The summed E-state index contributed by atoms with van der Waals surface area (Å²) in [7, 11) is 0. The van der Waals surface area contributed by atoms with Crippen LogP contribution in [0.15, 0.2) is 0 Å². The summed E-state index contributed by atoms with van der Waals surface area (Å²) in [5.74, 6) is 0. The first-order chi connectivity index (χ1) is 1.73. The Hall–Kier alpha value is 1.80. The van der Waals surface area contributed by atoms with Crippen LogP contribution in [0, 0.1) is 0 Å². The van der Waals surface area contributed by atoms with Crippen LogP contribution < -0.4 is 29.6 Å². The van der Waals surface area contributed by atoms with E-state index in [2.05, 4.69) is 0 Å². The molecule has 6 heteroatoms. The van der Waals surface area contributed by atoms with E-state index in [0.29, 0.717) is 0 Å². The Bertz CT molecular complexity index is 33.8. The van der Waals surface area contributed by atoms with E-state index in [1.807, 2.05) is 0 Å². The molecule has 1 atom stereocenters. The van der Waals surface area contributed by atoms with E-state index >= 15 is 0 Å².